The summed E-state index contributed by atoms with van der Waals surface area (Å²) in [6.45, 7) is 1.93. The molecular formula is C21H21N3O3S2. The van der Waals surface area contributed by atoms with Gasteiger partial charge in [0.05, 0.1) is 16.2 Å². The van der Waals surface area contributed by atoms with E-state index in [1.165, 1.54) is 29.5 Å². The predicted octanol–water partition coefficient (Wildman–Crippen LogP) is 5.09. The lowest BCUT2D eigenvalue weighted by molar-refractivity contribution is -0.124. The van der Waals surface area contributed by atoms with Crippen LogP contribution in [0, 0.1) is 6.92 Å². The van der Waals surface area contributed by atoms with Crippen molar-refractivity contribution in [2.24, 2.45) is 4.99 Å². The van der Waals surface area contributed by atoms with E-state index in [2.05, 4.69) is 9.98 Å². The number of carbonyl (C=O) groups excluding carboxylic acids is 1. The molecule has 1 saturated heterocycles. The van der Waals surface area contributed by atoms with E-state index in [1.807, 2.05) is 23.3 Å². The number of aliphatic imine (C=N–C) groups is 1. The van der Waals surface area contributed by atoms with Crippen LogP contribution in [0.5, 0.6) is 0 Å². The molecule has 1 aromatic carbocycles. The average molecular weight is 428 g/mol. The van der Waals surface area contributed by atoms with Crippen LogP contribution in [-0.2, 0) is 4.79 Å². The van der Waals surface area contributed by atoms with Gasteiger partial charge < -0.3 is 5.11 Å². The first-order valence-electron chi connectivity index (χ1n) is 9.58. The third kappa shape index (κ3) is 4.43. The predicted molar refractivity (Wildman–Crippen MR) is 117 cm³/mol. The SMILES string of the molecule is Cc1csc(/N=C2/S/C(=C\c3ccc(C(=O)O)cc3)C(=O)N2C2CCCCC2)n1. The average Bonchev–Trinajstić information content (AvgIpc) is 3.26. The summed E-state index contributed by atoms with van der Waals surface area (Å²) in [5.41, 5.74) is 1.94. The Morgan fingerprint density at radius 3 is 2.59 bits per heavy atom. The summed E-state index contributed by atoms with van der Waals surface area (Å²) in [5.74, 6) is -0.997. The Hall–Kier alpha value is -2.45. The Balaban J connectivity index is 1.66. The Kier molecular flexibility index (Phi) is 5.82. The van der Waals surface area contributed by atoms with Crippen molar-refractivity contribution in [1.82, 2.24) is 9.88 Å². The number of thioether (sulfide) groups is 1. The lowest BCUT2D eigenvalue weighted by atomic mass is 9.94. The van der Waals surface area contributed by atoms with Crippen LogP contribution in [0.4, 0.5) is 5.13 Å². The van der Waals surface area contributed by atoms with E-state index >= 15 is 0 Å². The fraction of sp³-hybridized carbons (Fsp3) is 0.333. The van der Waals surface area contributed by atoms with Crippen molar-refractivity contribution < 1.29 is 14.7 Å². The van der Waals surface area contributed by atoms with Gasteiger partial charge in [-0.3, -0.25) is 9.69 Å². The smallest absolute Gasteiger partial charge is 0.335 e. The topological polar surface area (TPSA) is 82.9 Å². The second-order valence-electron chi connectivity index (χ2n) is 7.17. The Morgan fingerprint density at radius 2 is 1.97 bits per heavy atom. The summed E-state index contributed by atoms with van der Waals surface area (Å²) in [7, 11) is 0. The number of carbonyl (C=O) groups is 2. The van der Waals surface area contributed by atoms with Gasteiger partial charge >= 0.3 is 5.97 Å². The van der Waals surface area contributed by atoms with Gasteiger partial charge in [0, 0.05) is 11.4 Å². The van der Waals surface area contributed by atoms with Gasteiger partial charge in [-0.2, -0.15) is 4.99 Å². The fourth-order valence-electron chi connectivity index (χ4n) is 3.57. The maximum atomic E-state index is 13.2. The number of benzene rings is 1. The first-order chi connectivity index (χ1) is 14.0. The van der Waals surface area contributed by atoms with Crippen molar-refractivity contribution in [2.45, 2.75) is 45.1 Å². The highest BCUT2D eigenvalue weighted by Gasteiger charge is 2.38. The van der Waals surface area contributed by atoms with Crippen molar-refractivity contribution >= 4 is 51.4 Å². The number of aromatic carboxylic acids is 1. The first kappa shape index (κ1) is 19.8. The third-order valence-corrected chi connectivity index (χ3v) is 6.87. The largest absolute Gasteiger partial charge is 0.478 e. The van der Waals surface area contributed by atoms with Crippen LogP contribution in [0.15, 0.2) is 39.5 Å². The number of nitrogens with zero attached hydrogens (tertiary/aromatic N) is 3. The molecule has 1 amide bonds. The molecule has 2 aliphatic rings. The molecular weight excluding hydrogens is 406 g/mol. The molecule has 1 N–H and O–H groups in total. The summed E-state index contributed by atoms with van der Waals surface area (Å²) in [6.07, 6.45) is 7.25. The standard InChI is InChI=1S/C21H21N3O3S2/c1-13-12-28-20(22-13)23-21-24(16-5-3-2-4-6-16)18(25)17(29-21)11-14-7-9-15(10-8-14)19(26)27/h7-12,16H,2-6H2,1H3,(H,26,27)/b17-11-,23-21+. The first-order valence-corrected chi connectivity index (χ1v) is 11.3. The molecule has 1 aliphatic carbocycles. The Labute approximate surface area is 177 Å². The molecule has 0 unspecified atom stereocenters. The normalized spacial score (nSPS) is 20.7. The molecule has 0 atom stereocenters. The van der Waals surface area contributed by atoms with Crippen molar-refractivity contribution in [3.63, 3.8) is 0 Å². The monoisotopic (exact) mass is 427 g/mol. The molecule has 150 valence electrons. The number of carboxylic acids is 1. The van der Waals surface area contributed by atoms with E-state index < -0.39 is 5.97 Å². The maximum Gasteiger partial charge on any atom is 0.335 e. The number of aryl methyl sites for hydroxylation is 1. The maximum absolute atomic E-state index is 13.2. The van der Waals surface area contributed by atoms with Gasteiger partial charge in [-0.15, -0.1) is 11.3 Å². The summed E-state index contributed by atoms with van der Waals surface area (Å²) < 4.78 is 0. The van der Waals surface area contributed by atoms with E-state index in [0.29, 0.717) is 15.2 Å². The van der Waals surface area contributed by atoms with E-state index in [9.17, 15) is 9.59 Å². The highest BCUT2D eigenvalue weighted by atomic mass is 32.2. The number of rotatable bonds is 4. The number of hydrogen-bond acceptors (Lipinski definition) is 6. The molecule has 2 fully saturated rings. The highest BCUT2D eigenvalue weighted by molar-refractivity contribution is 8.18. The molecule has 1 saturated carbocycles. The van der Waals surface area contributed by atoms with E-state index in [-0.39, 0.29) is 17.5 Å². The lowest BCUT2D eigenvalue weighted by Gasteiger charge is -2.30. The molecule has 29 heavy (non-hydrogen) atoms. The molecule has 8 heteroatoms. The molecule has 2 heterocycles. The van der Waals surface area contributed by atoms with Gasteiger partial charge in [-0.05, 0) is 55.3 Å². The van der Waals surface area contributed by atoms with Crippen molar-refractivity contribution in [3.8, 4) is 0 Å². The summed E-state index contributed by atoms with van der Waals surface area (Å²) in [5, 5.41) is 12.4. The number of hydrogen-bond donors (Lipinski definition) is 1. The van der Waals surface area contributed by atoms with Crippen molar-refractivity contribution in [1.29, 1.82) is 0 Å². The minimum absolute atomic E-state index is 0.0313. The molecule has 6 nitrogen and oxygen atoms in total. The number of amides is 1. The Bertz CT molecular complexity index is 989. The molecule has 2 aromatic rings. The molecule has 0 spiro atoms. The van der Waals surface area contributed by atoms with E-state index in [1.54, 1.807) is 24.3 Å². The highest BCUT2D eigenvalue weighted by Crippen LogP contribution is 2.38. The lowest BCUT2D eigenvalue weighted by Crippen LogP contribution is -2.40. The Morgan fingerprint density at radius 1 is 1.24 bits per heavy atom. The van der Waals surface area contributed by atoms with Gasteiger partial charge in [-0.25, -0.2) is 9.78 Å². The van der Waals surface area contributed by atoms with E-state index in [4.69, 9.17) is 5.11 Å². The van der Waals surface area contributed by atoms with Crippen molar-refractivity contribution in [2.75, 3.05) is 0 Å². The second kappa shape index (κ2) is 8.51. The van der Waals surface area contributed by atoms with Gasteiger partial charge in [-0.1, -0.05) is 31.4 Å². The van der Waals surface area contributed by atoms with Gasteiger partial charge in [0.2, 0.25) is 5.13 Å². The minimum Gasteiger partial charge on any atom is -0.478 e. The van der Waals surface area contributed by atoms with Crippen LogP contribution in [-0.4, -0.2) is 38.1 Å². The zero-order valence-corrected chi connectivity index (χ0v) is 17.6. The molecule has 4 rings (SSSR count). The molecule has 1 aliphatic heterocycles. The summed E-state index contributed by atoms with van der Waals surface area (Å²) in [4.78, 5) is 35.8. The van der Waals surface area contributed by atoms with Gasteiger partial charge in [0.25, 0.3) is 5.91 Å². The zero-order valence-electron chi connectivity index (χ0n) is 16.0. The van der Waals surface area contributed by atoms with Crippen LogP contribution >= 0.6 is 23.1 Å². The van der Waals surface area contributed by atoms with E-state index in [0.717, 1.165) is 36.9 Å². The quantitative estimate of drug-likeness (QED) is 0.688. The van der Waals surface area contributed by atoms with Gasteiger partial charge in [0.15, 0.2) is 5.17 Å². The number of aromatic nitrogens is 1. The van der Waals surface area contributed by atoms with Crippen LogP contribution in [0.3, 0.4) is 0 Å². The molecule has 1 aromatic heterocycles. The fourth-order valence-corrected chi connectivity index (χ4v) is 5.34. The molecule has 0 bridgehead atoms. The summed E-state index contributed by atoms with van der Waals surface area (Å²) >= 11 is 2.84. The van der Waals surface area contributed by atoms with Crippen molar-refractivity contribution in [3.05, 3.63) is 51.4 Å². The van der Waals surface area contributed by atoms with Crippen LogP contribution in [0.25, 0.3) is 6.08 Å². The number of thiazole rings is 1. The van der Waals surface area contributed by atoms with Crippen LogP contribution in [0.2, 0.25) is 0 Å². The molecule has 0 radical (unpaired) electrons. The number of amidine groups is 1. The third-order valence-electron chi connectivity index (χ3n) is 5.03. The summed E-state index contributed by atoms with van der Waals surface area (Å²) in [6, 6.07) is 6.70. The second-order valence-corrected chi connectivity index (χ2v) is 9.02. The minimum atomic E-state index is -0.966. The van der Waals surface area contributed by atoms with Crippen LogP contribution in [0.1, 0.15) is 53.7 Å². The van der Waals surface area contributed by atoms with Gasteiger partial charge in [0.1, 0.15) is 0 Å². The zero-order chi connectivity index (χ0) is 20.4. The number of carboxylic acid groups (broad SMARTS) is 1. The van der Waals surface area contributed by atoms with Crippen LogP contribution < -0.4 is 0 Å².